The van der Waals surface area contributed by atoms with Crippen molar-refractivity contribution in [3.63, 3.8) is 0 Å². The van der Waals surface area contributed by atoms with Crippen molar-refractivity contribution in [1.82, 2.24) is 19.7 Å². The molecule has 1 aliphatic heterocycles. The fraction of sp³-hybridized carbons (Fsp3) is 0.421. The van der Waals surface area contributed by atoms with Crippen molar-refractivity contribution >= 4 is 28.3 Å². The molecule has 4 heterocycles. The van der Waals surface area contributed by atoms with Crippen LogP contribution in [-0.4, -0.2) is 32.8 Å². The van der Waals surface area contributed by atoms with Crippen molar-refractivity contribution in [2.45, 2.75) is 32.6 Å². The standard InChI is InChI=1S/C19H22ClN5/c1-12-8-15(20)10-21-18(12)14-4-6-25(7-5-14)17-9-13(2)23-19-16(17)11-22-24(19)3/h8-11,14H,4-7H2,1-3H3. The SMILES string of the molecule is Cc1cc(N2CCC(c3ncc(Cl)cc3C)CC2)c2cnn(C)c2n1. The number of nitrogens with zero attached hydrogens (tertiary/aromatic N) is 5. The van der Waals surface area contributed by atoms with Crippen molar-refractivity contribution in [3.05, 3.63) is 46.5 Å². The summed E-state index contributed by atoms with van der Waals surface area (Å²) in [5, 5.41) is 6.22. The van der Waals surface area contributed by atoms with Gasteiger partial charge in [0.15, 0.2) is 5.65 Å². The van der Waals surface area contributed by atoms with E-state index in [-0.39, 0.29) is 0 Å². The van der Waals surface area contributed by atoms with E-state index in [1.165, 1.54) is 16.9 Å². The lowest BCUT2D eigenvalue weighted by atomic mass is 9.90. The Balaban J connectivity index is 1.58. The highest BCUT2D eigenvalue weighted by atomic mass is 35.5. The number of aromatic nitrogens is 4. The van der Waals surface area contributed by atoms with Crippen LogP contribution in [0, 0.1) is 13.8 Å². The third kappa shape index (κ3) is 2.97. The minimum atomic E-state index is 0.501. The van der Waals surface area contributed by atoms with E-state index in [1.54, 1.807) is 6.20 Å². The van der Waals surface area contributed by atoms with Crippen LogP contribution in [0.3, 0.4) is 0 Å². The number of pyridine rings is 2. The Morgan fingerprint density at radius 1 is 1.12 bits per heavy atom. The summed E-state index contributed by atoms with van der Waals surface area (Å²) < 4.78 is 1.85. The van der Waals surface area contributed by atoms with Gasteiger partial charge in [0.2, 0.25) is 0 Å². The van der Waals surface area contributed by atoms with Gasteiger partial charge in [0, 0.05) is 43.6 Å². The second kappa shape index (κ2) is 6.30. The zero-order valence-electron chi connectivity index (χ0n) is 14.8. The van der Waals surface area contributed by atoms with Crippen molar-refractivity contribution in [2.24, 2.45) is 7.05 Å². The van der Waals surface area contributed by atoms with Gasteiger partial charge >= 0.3 is 0 Å². The normalized spacial score (nSPS) is 15.9. The zero-order valence-corrected chi connectivity index (χ0v) is 15.6. The van der Waals surface area contributed by atoms with Crippen LogP contribution in [0.15, 0.2) is 24.5 Å². The maximum absolute atomic E-state index is 6.05. The Hall–Kier alpha value is -2.14. The summed E-state index contributed by atoms with van der Waals surface area (Å²) in [4.78, 5) is 11.7. The largest absolute Gasteiger partial charge is 0.371 e. The van der Waals surface area contributed by atoms with Crippen LogP contribution in [0.2, 0.25) is 5.02 Å². The van der Waals surface area contributed by atoms with Gasteiger partial charge in [-0.15, -0.1) is 0 Å². The first-order valence-corrected chi connectivity index (χ1v) is 9.07. The molecule has 0 aliphatic carbocycles. The van der Waals surface area contributed by atoms with Crippen LogP contribution < -0.4 is 4.90 Å². The monoisotopic (exact) mass is 355 g/mol. The highest BCUT2D eigenvalue weighted by Crippen LogP contribution is 2.34. The number of anilines is 1. The summed E-state index contributed by atoms with van der Waals surface area (Å²) in [5.74, 6) is 0.501. The maximum atomic E-state index is 6.05. The van der Waals surface area contributed by atoms with Crippen molar-refractivity contribution in [1.29, 1.82) is 0 Å². The van der Waals surface area contributed by atoms with Gasteiger partial charge in [-0.25, -0.2) is 4.98 Å². The molecule has 4 rings (SSSR count). The van der Waals surface area contributed by atoms with E-state index >= 15 is 0 Å². The Morgan fingerprint density at radius 2 is 1.88 bits per heavy atom. The van der Waals surface area contributed by atoms with Gasteiger partial charge in [0.25, 0.3) is 0 Å². The van der Waals surface area contributed by atoms with Crippen LogP contribution >= 0.6 is 11.6 Å². The van der Waals surface area contributed by atoms with Crippen LogP contribution in [0.5, 0.6) is 0 Å². The molecular formula is C19H22ClN5. The first-order chi connectivity index (χ1) is 12.0. The molecule has 0 amide bonds. The van der Waals surface area contributed by atoms with E-state index in [9.17, 15) is 0 Å². The molecule has 3 aromatic heterocycles. The van der Waals surface area contributed by atoms with E-state index in [2.05, 4.69) is 33.0 Å². The van der Waals surface area contributed by atoms with Crippen LogP contribution in [0.25, 0.3) is 11.0 Å². The summed E-state index contributed by atoms with van der Waals surface area (Å²) in [6.07, 6.45) is 5.88. The fourth-order valence-corrected chi connectivity index (χ4v) is 4.07. The third-order valence-corrected chi connectivity index (χ3v) is 5.33. The highest BCUT2D eigenvalue weighted by molar-refractivity contribution is 6.30. The lowest BCUT2D eigenvalue weighted by Crippen LogP contribution is -2.33. The van der Waals surface area contributed by atoms with E-state index in [0.717, 1.165) is 42.7 Å². The quantitative estimate of drug-likeness (QED) is 0.696. The Morgan fingerprint density at radius 3 is 2.60 bits per heavy atom. The number of aryl methyl sites for hydroxylation is 3. The molecule has 6 heteroatoms. The molecule has 0 spiro atoms. The van der Waals surface area contributed by atoms with Gasteiger partial charge in [-0.3, -0.25) is 9.67 Å². The summed E-state index contributed by atoms with van der Waals surface area (Å²) in [6, 6.07) is 4.19. The molecular weight excluding hydrogens is 334 g/mol. The number of piperidine rings is 1. The van der Waals surface area contributed by atoms with Crippen molar-refractivity contribution in [3.8, 4) is 0 Å². The fourth-order valence-electron chi connectivity index (χ4n) is 3.85. The Bertz CT molecular complexity index is 925. The molecule has 0 bridgehead atoms. The highest BCUT2D eigenvalue weighted by Gasteiger charge is 2.24. The molecule has 0 unspecified atom stereocenters. The van der Waals surface area contributed by atoms with Gasteiger partial charge < -0.3 is 4.90 Å². The predicted octanol–water partition coefficient (Wildman–Crippen LogP) is 4.02. The Kier molecular flexibility index (Phi) is 4.12. The van der Waals surface area contributed by atoms with Gasteiger partial charge in [-0.2, -0.15) is 5.10 Å². The molecule has 0 N–H and O–H groups in total. The molecule has 1 fully saturated rings. The minimum Gasteiger partial charge on any atom is -0.371 e. The van der Waals surface area contributed by atoms with Gasteiger partial charge in [-0.05, 0) is 44.4 Å². The number of rotatable bonds is 2. The summed E-state index contributed by atoms with van der Waals surface area (Å²) in [6.45, 7) is 6.18. The molecule has 130 valence electrons. The third-order valence-electron chi connectivity index (χ3n) is 5.12. The molecule has 5 nitrogen and oxygen atoms in total. The predicted molar refractivity (Wildman–Crippen MR) is 101 cm³/mol. The van der Waals surface area contributed by atoms with Gasteiger partial charge in [-0.1, -0.05) is 11.6 Å². The molecule has 0 radical (unpaired) electrons. The summed E-state index contributed by atoms with van der Waals surface area (Å²) in [7, 11) is 1.94. The Labute approximate surface area is 152 Å². The first kappa shape index (κ1) is 16.3. The number of hydrogen-bond acceptors (Lipinski definition) is 4. The molecule has 25 heavy (non-hydrogen) atoms. The maximum Gasteiger partial charge on any atom is 0.159 e. The number of fused-ring (bicyclic) bond motifs is 1. The average molecular weight is 356 g/mol. The van der Waals surface area contributed by atoms with E-state index in [1.807, 2.05) is 30.9 Å². The molecule has 1 aliphatic rings. The van der Waals surface area contributed by atoms with E-state index in [4.69, 9.17) is 11.6 Å². The summed E-state index contributed by atoms with van der Waals surface area (Å²) in [5.41, 5.74) is 5.62. The molecule has 0 saturated carbocycles. The smallest absolute Gasteiger partial charge is 0.159 e. The second-order valence-electron chi connectivity index (χ2n) is 6.91. The number of halogens is 1. The van der Waals surface area contributed by atoms with Crippen LogP contribution in [-0.2, 0) is 7.05 Å². The molecule has 1 saturated heterocycles. The van der Waals surface area contributed by atoms with Crippen LogP contribution in [0.4, 0.5) is 5.69 Å². The molecule has 0 atom stereocenters. The first-order valence-electron chi connectivity index (χ1n) is 8.69. The van der Waals surface area contributed by atoms with Crippen LogP contribution in [0.1, 0.15) is 35.7 Å². The van der Waals surface area contributed by atoms with E-state index < -0.39 is 0 Å². The summed E-state index contributed by atoms with van der Waals surface area (Å²) >= 11 is 6.05. The van der Waals surface area contributed by atoms with Gasteiger partial charge in [0.1, 0.15) is 0 Å². The lowest BCUT2D eigenvalue weighted by molar-refractivity contribution is 0.495. The molecule has 3 aromatic rings. The molecule has 0 aromatic carbocycles. The van der Waals surface area contributed by atoms with Gasteiger partial charge in [0.05, 0.1) is 22.3 Å². The minimum absolute atomic E-state index is 0.501. The van der Waals surface area contributed by atoms with Crippen molar-refractivity contribution < 1.29 is 0 Å². The number of hydrogen-bond donors (Lipinski definition) is 0. The second-order valence-corrected chi connectivity index (χ2v) is 7.34. The average Bonchev–Trinajstić information content (AvgIpc) is 2.96. The lowest BCUT2D eigenvalue weighted by Gasteiger charge is -2.34. The van der Waals surface area contributed by atoms with E-state index in [0.29, 0.717) is 10.9 Å². The van der Waals surface area contributed by atoms with Crippen molar-refractivity contribution in [2.75, 3.05) is 18.0 Å². The topological polar surface area (TPSA) is 46.8 Å². The zero-order chi connectivity index (χ0) is 17.6.